The molecule has 4 rings (SSSR count). The predicted octanol–water partition coefficient (Wildman–Crippen LogP) is 4.65. The maximum absolute atomic E-state index is 13.4. The Morgan fingerprint density at radius 3 is 2.50 bits per heavy atom. The summed E-state index contributed by atoms with van der Waals surface area (Å²) in [5.41, 5.74) is 8.04. The van der Waals surface area contributed by atoms with Crippen LogP contribution in [0.3, 0.4) is 0 Å². The normalized spacial score (nSPS) is 25.5. The Hall–Kier alpha value is -2.51. The van der Waals surface area contributed by atoms with Crippen LogP contribution in [0, 0.1) is 23.6 Å². The van der Waals surface area contributed by atoms with Gasteiger partial charge in [0.15, 0.2) is 0 Å². The molecule has 3 atom stereocenters. The van der Waals surface area contributed by atoms with Crippen molar-refractivity contribution in [3.8, 4) is 0 Å². The smallest absolute Gasteiger partial charge is 0.227 e. The Kier molecular flexibility index (Phi) is 8.16. The number of amides is 2. The van der Waals surface area contributed by atoms with Gasteiger partial charge in [-0.2, -0.15) is 0 Å². The number of nitrogens with zero attached hydrogens (tertiary/aromatic N) is 1. The molecule has 4 N–H and O–H groups in total. The fourth-order valence-electron chi connectivity index (χ4n) is 5.45. The second kappa shape index (κ2) is 11.3. The quantitative estimate of drug-likeness (QED) is 0.530. The fourth-order valence-corrected chi connectivity index (χ4v) is 5.76. The Labute approximate surface area is 204 Å². The number of rotatable bonds is 7. The minimum atomic E-state index is -0.372. The van der Waals surface area contributed by atoms with Gasteiger partial charge in [0.1, 0.15) is 5.82 Å². The van der Waals surface area contributed by atoms with Gasteiger partial charge in [0.2, 0.25) is 11.8 Å². The first-order chi connectivity index (χ1) is 16.4. The minimum Gasteiger partial charge on any atom is -0.354 e. The zero-order valence-corrected chi connectivity index (χ0v) is 19.9. The molecule has 0 radical (unpaired) electrons. The molecule has 1 heterocycles. The summed E-state index contributed by atoms with van der Waals surface area (Å²) in [5, 5.41) is 6.39. The van der Waals surface area contributed by atoms with Crippen LogP contribution in [0.1, 0.15) is 56.4 Å². The summed E-state index contributed by atoms with van der Waals surface area (Å²) in [6, 6.07) is 7.82. The van der Waals surface area contributed by atoms with E-state index in [0.717, 1.165) is 56.2 Å². The average molecular weight is 487 g/mol. The van der Waals surface area contributed by atoms with E-state index in [1.165, 1.54) is 12.1 Å². The summed E-state index contributed by atoms with van der Waals surface area (Å²) >= 11 is 6.26. The third-order valence-corrected chi connectivity index (χ3v) is 7.75. The molecule has 1 aromatic heterocycles. The highest BCUT2D eigenvalue weighted by Gasteiger charge is 2.36. The highest BCUT2D eigenvalue weighted by atomic mass is 35.5. The number of nitrogens with two attached hydrogens (primary N) is 1. The molecule has 2 fully saturated rings. The number of carbonyl (C=O) groups excluding carboxylic acids is 2. The van der Waals surface area contributed by atoms with Crippen molar-refractivity contribution < 1.29 is 14.0 Å². The van der Waals surface area contributed by atoms with Crippen LogP contribution in [-0.4, -0.2) is 29.4 Å². The summed E-state index contributed by atoms with van der Waals surface area (Å²) in [7, 11) is 0. The van der Waals surface area contributed by atoms with Crippen LogP contribution in [0.5, 0.6) is 0 Å². The Bertz CT molecular complexity index is 998. The van der Waals surface area contributed by atoms with Gasteiger partial charge in [-0.15, -0.1) is 0 Å². The molecule has 2 aliphatic rings. The molecule has 182 valence electrons. The van der Waals surface area contributed by atoms with Crippen molar-refractivity contribution in [1.29, 1.82) is 0 Å². The first-order valence-electron chi connectivity index (χ1n) is 12.1. The lowest BCUT2D eigenvalue weighted by atomic mass is 9.78. The Morgan fingerprint density at radius 2 is 1.79 bits per heavy atom. The molecule has 2 aliphatic carbocycles. The first-order valence-corrected chi connectivity index (χ1v) is 12.5. The number of benzene rings is 1. The van der Waals surface area contributed by atoms with E-state index in [9.17, 15) is 14.0 Å². The topological polar surface area (TPSA) is 97.1 Å². The summed E-state index contributed by atoms with van der Waals surface area (Å²) < 4.78 is 13.4. The molecular formula is C26H32ClFN4O2. The molecule has 0 bridgehead atoms. The lowest BCUT2D eigenvalue weighted by Crippen LogP contribution is -2.45. The van der Waals surface area contributed by atoms with E-state index >= 15 is 0 Å². The summed E-state index contributed by atoms with van der Waals surface area (Å²) in [4.78, 5) is 29.5. The van der Waals surface area contributed by atoms with E-state index in [4.69, 9.17) is 17.3 Å². The average Bonchev–Trinajstić information content (AvgIpc) is 3.33. The van der Waals surface area contributed by atoms with Gasteiger partial charge >= 0.3 is 0 Å². The first kappa shape index (κ1) is 24.6. The maximum atomic E-state index is 13.4. The largest absolute Gasteiger partial charge is 0.354 e. The number of aromatic nitrogens is 1. The van der Waals surface area contributed by atoms with Gasteiger partial charge in [-0.25, -0.2) is 4.39 Å². The second-order valence-electron chi connectivity index (χ2n) is 9.56. The molecule has 3 unspecified atom stereocenters. The predicted molar refractivity (Wildman–Crippen MR) is 131 cm³/mol. The molecule has 1 aromatic carbocycles. The van der Waals surface area contributed by atoms with Crippen LogP contribution in [0.2, 0.25) is 5.02 Å². The van der Waals surface area contributed by atoms with E-state index in [2.05, 4.69) is 15.6 Å². The summed E-state index contributed by atoms with van der Waals surface area (Å²) in [6.07, 6.45) is 9.20. The van der Waals surface area contributed by atoms with E-state index in [-0.39, 0.29) is 47.3 Å². The molecule has 0 aliphatic heterocycles. The van der Waals surface area contributed by atoms with Crippen LogP contribution >= 0.6 is 11.6 Å². The van der Waals surface area contributed by atoms with Crippen molar-refractivity contribution >= 4 is 29.1 Å². The van der Waals surface area contributed by atoms with Crippen molar-refractivity contribution in [2.24, 2.45) is 23.5 Å². The van der Waals surface area contributed by atoms with Gasteiger partial charge in [-0.05, 0) is 80.2 Å². The van der Waals surface area contributed by atoms with E-state index < -0.39 is 0 Å². The third-order valence-electron chi connectivity index (χ3n) is 7.42. The third kappa shape index (κ3) is 5.94. The highest BCUT2D eigenvalue weighted by molar-refractivity contribution is 6.31. The number of hydrogen-bond acceptors (Lipinski definition) is 4. The van der Waals surface area contributed by atoms with Gasteiger partial charge in [0.05, 0.1) is 0 Å². The summed E-state index contributed by atoms with van der Waals surface area (Å²) in [6.45, 7) is 0.414. The van der Waals surface area contributed by atoms with Crippen molar-refractivity contribution in [1.82, 2.24) is 10.3 Å². The number of nitrogens with one attached hydrogen (secondary N) is 2. The molecule has 2 aromatic rings. The molecule has 6 nitrogen and oxygen atoms in total. The van der Waals surface area contributed by atoms with E-state index in [1.54, 1.807) is 30.6 Å². The van der Waals surface area contributed by atoms with Gasteiger partial charge in [0, 0.05) is 47.5 Å². The van der Waals surface area contributed by atoms with Crippen molar-refractivity contribution in [2.75, 3.05) is 11.9 Å². The van der Waals surface area contributed by atoms with Crippen molar-refractivity contribution in [3.63, 3.8) is 0 Å². The number of anilines is 1. The molecular weight excluding hydrogens is 455 g/mol. The van der Waals surface area contributed by atoms with Crippen LogP contribution in [0.25, 0.3) is 0 Å². The molecule has 2 amide bonds. The standard InChI is InChI=1S/C26H32ClFN4O2/c27-23-14-18(28)8-9-21(23)20-2-1-3-22(20)26(34)31-15-24(29)16-4-6-17(7-5-16)25(33)32-19-10-12-30-13-11-19/h8-14,16-17,20,22,24H,1-7,15,29H2,(H,31,34)(H,30,32,33). The zero-order valence-electron chi connectivity index (χ0n) is 19.2. The zero-order chi connectivity index (χ0) is 24.1. The number of halogens is 2. The van der Waals surface area contributed by atoms with Crippen LogP contribution in [0.15, 0.2) is 42.7 Å². The molecule has 2 saturated carbocycles. The monoisotopic (exact) mass is 486 g/mol. The highest BCUT2D eigenvalue weighted by Crippen LogP contribution is 2.42. The molecule has 34 heavy (non-hydrogen) atoms. The van der Waals surface area contributed by atoms with Crippen LogP contribution in [0.4, 0.5) is 10.1 Å². The number of carbonyl (C=O) groups is 2. The van der Waals surface area contributed by atoms with Gasteiger partial charge in [-0.1, -0.05) is 24.1 Å². The molecule has 0 spiro atoms. The van der Waals surface area contributed by atoms with Crippen LogP contribution < -0.4 is 16.4 Å². The minimum absolute atomic E-state index is 0.00123. The lowest BCUT2D eigenvalue weighted by Gasteiger charge is -2.32. The van der Waals surface area contributed by atoms with Crippen LogP contribution in [-0.2, 0) is 9.59 Å². The Morgan fingerprint density at radius 1 is 1.06 bits per heavy atom. The van der Waals surface area contributed by atoms with E-state index in [0.29, 0.717) is 11.6 Å². The SMILES string of the molecule is NC(CNC(=O)C1CCCC1c1ccc(F)cc1Cl)C1CCC(C(=O)Nc2ccncc2)CC1. The van der Waals surface area contributed by atoms with Crippen molar-refractivity contribution in [2.45, 2.75) is 56.9 Å². The molecule has 8 heteroatoms. The van der Waals surface area contributed by atoms with Gasteiger partial charge in [-0.3, -0.25) is 14.6 Å². The maximum Gasteiger partial charge on any atom is 0.227 e. The van der Waals surface area contributed by atoms with E-state index in [1.807, 2.05) is 0 Å². The summed E-state index contributed by atoms with van der Waals surface area (Å²) in [5.74, 6) is -0.270. The fraction of sp³-hybridized carbons (Fsp3) is 0.500. The Balaban J connectivity index is 1.24. The number of hydrogen-bond donors (Lipinski definition) is 3. The second-order valence-corrected chi connectivity index (χ2v) is 9.96. The lowest BCUT2D eigenvalue weighted by molar-refractivity contribution is -0.125. The van der Waals surface area contributed by atoms with Gasteiger partial charge < -0.3 is 16.4 Å². The number of pyridine rings is 1. The van der Waals surface area contributed by atoms with Gasteiger partial charge in [0.25, 0.3) is 0 Å². The van der Waals surface area contributed by atoms with Crippen molar-refractivity contribution in [3.05, 3.63) is 59.1 Å². The molecule has 0 saturated heterocycles.